The number of ether oxygens (including phenoxy) is 2. The second-order valence-corrected chi connectivity index (χ2v) is 6.74. The molecule has 6 heteroatoms. The minimum atomic E-state index is -0.274. The zero-order chi connectivity index (χ0) is 19.2. The van der Waals surface area contributed by atoms with Gasteiger partial charge in [-0.2, -0.15) is 0 Å². The average Bonchev–Trinajstić information content (AvgIpc) is 2.64. The Hall–Kier alpha value is -2.76. The quantitative estimate of drug-likeness (QED) is 0.766. The molecule has 0 heterocycles. The van der Waals surface area contributed by atoms with Crippen LogP contribution >= 0.6 is 0 Å². The number of hydrogen-bond acceptors (Lipinski definition) is 3. The van der Waals surface area contributed by atoms with Crippen LogP contribution in [-0.2, 0) is 6.54 Å². The van der Waals surface area contributed by atoms with Crippen molar-refractivity contribution >= 4 is 6.03 Å². The van der Waals surface area contributed by atoms with E-state index in [0.29, 0.717) is 24.0 Å². The van der Waals surface area contributed by atoms with Gasteiger partial charge >= 0.3 is 6.03 Å². The Labute approximate surface area is 158 Å². The van der Waals surface area contributed by atoms with E-state index in [9.17, 15) is 9.18 Å². The maximum absolute atomic E-state index is 13.2. The fraction of sp³-hybridized carbons (Fsp3) is 0.381. The van der Waals surface area contributed by atoms with Crippen LogP contribution in [0.2, 0.25) is 0 Å². The standard InChI is InChI=1S/C21H25FN2O3/c1-26-18-11-6-14(12-19(18)27-2)13-23-21(25)24-20(15-4-3-5-15)16-7-9-17(22)10-8-16/h6-12,15,20H,3-5,13H2,1-2H3,(H2,23,24,25). The van der Waals surface area contributed by atoms with Crippen LogP contribution in [0.15, 0.2) is 42.5 Å². The molecule has 1 saturated carbocycles. The lowest BCUT2D eigenvalue weighted by Gasteiger charge is -2.34. The summed E-state index contributed by atoms with van der Waals surface area (Å²) < 4.78 is 23.7. The van der Waals surface area contributed by atoms with Crippen molar-refractivity contribution in [3.05, 3.63) is 59.4 Å². The summed E-state index contributed by atoms with van der Waals surface area (Å²) in [6.45, 7) is 0.368. The first-order chi connectivity index (χ1) is 13.1. The first-order valence-electron chi connectivity index (χ1n) is 9.11. The highest BCUT2D eigenvalue weighted by atomic mass is 19.1. The van der Waals surface area contributed by atoms with E-state index < -0.39 is 0 Å². The number of methoxy groups -OCH3 is 2. The van der Waals surface area contributed by atoms with E-state index in [1.807, 2.05) is 18.2 Å². The van der Waals surface area contributed by atoms with Crippen LogP contribution in [0, 0.1) is 11.7 Å². The lowest BCUT2D eigenvalue weighted by Crippen LogP contribution is -2.41. The largest absolute Gasteiger partial charge is 0.493 e. The van der Waals surface area contributed by atoms with Gasteiger partial charge in [0, 0.05) is 6.54 Å². The Kier molecular flexibility index (Phi) is 6.16. The van der Waals surface area contributed by atoms with Gasteiger partial charge in [-0.3, -0.25) is 0 Å². The number of benzene rings is 2. The molecule has 2 amide bonds. The molecule has 27 heavy (non-hydrogen) atoms. The minimum Gasteiger partial charge on any atom is -0.493 e. The third kappa shape index (κ3) is 4.70. The normalized spacial score (nSPS) is 14.8. The highest BCUT2D eigenvalue weighted by molar-refractivity contribution is 5.74. The van der Waals surface area contributed by atoms with Crippen LogP contribution in [0.4, 0.5) is 9.18 Å². The van der Waals surface area contributed by atoms with Crippen molar-refractivity contribution in [1.29, 1.82) is 0 Å². The summed E-state index contributed by atoms with van der Waals surface area (Å²) in [5.41, 5.74) is 1.84. The maximum atomic E-state index is 13.2. The van der Waals surface area contributed by atoms with Crippen LogP contribution in [0.5, 0.6) is 11.5 Å². The van der Waals surface area contributed by atoms with E-state index in [1.165, 1.54) is 12.1 Å². The molecule has 1 unspecified atom stereocenters. The van der Waals surface area contributed by atoms with Gasteiger partial charge in [-0.15, -0.1) is 0 Å². The molecule has 0 radical (unpaired) electrons. The summed E-state index contributed by atoms with van der Waals surface area (Å²) in [6.07, 6.45) is 3.30. The molecule has 2 aromatic rings. The summed E-state index contributed by atoms with van der Waals surface area (Å²) in [4.78, 5) is 12.4. The van der Waals surface area contributed by atoms with Crippen molar-refractivity contribution in [2.75, 3.05) is 14.2 Å². The van der Waals surface area contributed by atoms with Gasteiger partial charge in [0.15, 0.2) is 11.5 Å². The van der Waals surface area contributed by atoms with E-state index in [0.717, 1.165) is 30.4 Å². The van der Waals surface area contributed by atoms with Crippen molar-refractivity contribution in [2.45, 2.75) is 31.8 Å². The molecular weight excluding hydrogens is 347 g/mol. The van der Waals surface area contributed by atoms with Gasteiger partial charge in [-0.05, 0) is 54.2 Å². The molecule has 0 aromatic heterocycles. The smallest absolute Gasteiger partial charge is 0.315 e. The minimum absolute atomic E-state index is 0.107. The Morgan fingerprint density at radius 2 is 1.81 bits per heavy atom. The van der Waals surface area contributed by atoms with Crippen LogP contribution in [0.25, 0.3) is 0 Å². The molecule has 0 spiro atoms. The summed E-state index contributed by atoms with van der Waals surface area (Å²) in [5.74, 6) is 1.38. The number of halogens is 1. The van der Waals surface area contributed by atoms with Gasteiger partial charge in [-0.25, -0.2) is 9.18 Å². The second-order valence-electron chi connectivity index (χ2n) is 6.74. The van der Waals surface area contributed by atoms with E-state index in [4.69, 9.17) is 9.47 Å². The van der Waals surface area contributed by atoms with Crippen LogP contribution in [-0.4, -0.2) is 20.3 Å². The van der Waals surface area contributed by atoms with Crippen LogP contribution in [0.1, 0.15) is 36.4 Å². The number of nitrogens with one attached hydrogen (secondary N) is 2. The van der Waals surface area contributed by atoms with Gasteiger partial charge in [0.2, 0.25) is 0 Å². The third-order valence-electron chi connectivity index (χ3n) is 5.04. The molecule has 2 N–H and O–H groups in total. The zero-order valence-electron chi connectivity index (χ0n) is 15.6. The van der Waals surface area contributed by atoms with Gasteiger partial charge in [0.05, 0.1) is 20.3 Å². The van der Waals surface area contributed by atoms with Crippen molar-refractivity contribution in [1.82, 2.24) is 10.6 Å². The SMILES string of the molecule is COc1ccc(CNC(=O)NC(c2ccc(F)cc2)C2CCC2)cc1OC. The highest BCUT2D eigenvalue weighted by Gasteiger charge is 2.29. The molecule has 0 bridgehead atoms. The summed E-state index contributed by atoms with van der Waals surface area (Å²) >= 11 is 0. The molecule has 2 aromatic carbocycles. The highest BCUT2D eigenvalue weighted by Crippen LogP contribution is 2.37. The molecular formula is C21H25FN2O3. The summed E-state index contributed by atoms with van der Waals surface area (Å²) in [7, 11) is 3.16. The predicted molar refractivity (Wildman–Crippen MR) is 101 cm³/mol. The molecule has 1 atom stereocenters. The number of hydrogen-bond donors (Lipinski definition) is 2. The fourth-order valence-electron chi connectivity index (χ4n) is 3.28. The number of carbonyl (C=O) groups is 1. The van der Waals surface area contributed by atoms with Crippen molar-refractivity contribution < 1.29 is 18.7 Å². The Balaban J connectivity index is 1.62. The van der Waals surface area contributed by atoms with Crippen LogP contribution < -0.4 is 20.1 Å². The molecule has 0 saturated heterocycles. The number of carbonyl (C=O) groups excluding carboxylic acids is 1. The van der Waals surface area contributed by atoms with Crippen molar-refractivity contribution in [3.8, 4) is 11.5 Å². The first-order valence-corrected chi connectivity index (χ1v) is 9.11. The topological polar surface area (TPSA) is 59.6 Å². The molecule has 1 fully saturated rings. The predicted octanol–water partition coefficient (Wildman–Crippen LogP) is 4.18. The fourth-order valence-corrected chi connectivity index (χ4v) is 3.28. The maximum Gasteiger partial charge on any atom is 0.315 e. The summed E-state index contributed by atoms with van der Waals surface area (Å²) in [5, 5.41) is 5.93. The third-order valence-corrected chi connectivity index (χ3v) is 5.04. The monoisotopic (exact) mass is 372 g/mol. The Morgan fingerprint density at radius 3 is 2.41 bits per heavy atom. The van der Waals surface area contributed by atoms with E-state index in [2.05, 4.69) is 10.6 Å². The van der Waals surface area contributed by atoms with E-state index in [1.54, 1.807) is 26.4 Å². The average molecular weight is 372 g/mol. The van der Waals surface area contributed by atoms with Gasteiger partial charge in [0.1, 0.15) is 5.82 Å². The lowest BCUT2D eigenvalue weighted by atomic mass is 9.77. The van der Waals surface area contributed by atoms with Crippen molar-refractivity contribution in [3.63, 3.8) is 0 Å². The molecule has 5 nitrogen and oxygen atoms in total. The second kappa shape index (κ2) is 8.75. The molecule has 144 valence electrons. The van der Waals surface area contributed by atoms with Gasteiger partial charge < -0.3 is 20.1 Å². The van der Waals surface area contributed by atoms with E-state index >= 15 is 0 Å². The molecule has 1 aliphatic carbocycles. The van der Waals surface area contributed by atoms with Crippen LogP contribution in [0.3, 0.4) is 0 Å². The molecule has 0 aliphatic heterocycles. The van der Waals surface area contributed by atoms with Gasteiger partial charge in [-0.1, -0.05) is 24.6 Å². The van der Waals surface area contributed by atoms with Crippen molar-refractivity contribution in [2.24, 2.45) is 5.92 Å². The molecule has 3 rings (SSSR count). The van der Waals surface area contributed by atoms with Gasteiger partial charge in [0.25, 0.3) is 0 Å². The van der Waals surface area contributed by atoms with E-state index in [-0.39, 0.29) is 17.9 Å². The Bertz CT molecular complexity index is 775. The number of rotatable bonds is 7. The molecule has 1 aliphatic rings. The summed E-state index contributed by atoms with van der Waals surface area (Å²) in [6, 6.07) is 11.5. The first kappa shape index (κ1) is 19.0. The lowest BCUT2D eigenvalue weighted by molar-refractivity contribution is 0.207. The number of amides is 2. The Morgan fingerprint density at radius 1 is 1.11 bits per heavy atom. The number of urea groups is 1. The zero-order valence-corrected chi connectivity index (χ0v) is 15.6.